The number of unbranched alkanes of at least 4 members (excludes halogenated alkanes) is 2. The highest BCUT2D eigenvalue weighted by molar-refractivity contribution is 5.91. The number of ether oxygens (including phenoxy) is 2. The number of amides is 1. The van der Waals surface area contributed by atoms with Gasteiger partial charge >= 0.3 is 0 Å². The molecule has 2 aromatic carbocycles. The lowest BCUT2D eigenvalue weighted by Crippen LogP contribution is -2.30. The fourth-order valence-electron chi connectivity index (χ4n) is 5.30. The van der Waals surface area contributed by atoms with Crippen molar-refractivity contribution >= 4 is 33.5 Å². The van der Waals surface area contributed by atoms with Crippen molar-refractivity contribution in [2.75, 3.05) is 14.2 Å². The Hall–Kier alpha value is -4.73. The molecule has 0 unspecified atom stereocenters. The second-order valence-corrected chi connectivity index (χ2v) is 10.6. The number of hydrogen-bond acceptors (Lipinski definition) is 8. The standard InChI is InChI=1S/C33H37N5O5/c1-5-22(39)12-7-6-8-14-29(35-30(40)19-24-20(2)34-28-16-15-23(41-3)18-25(24)28)33-38-37-32(43-33)26-17-21-11-9-10-13-27(21)36-31(26)42-4/h9-11,13,15-18,29,34H,5-8,12,14,19H2,1-4H3,(H,35,40)/t29-/m0/s1. The monoisotopic (exact) mass is 583 g/mol. The Balaban J connectivity index is 1.38. The van der Waals surface area contributed by atoms with Gasteiger partial charge in [0.25, 0.3) is 5.89 Å². The molecule has 0 saturated carbocycles. The van der Waals surface area contributed by atoms with Crippen LogP contribution in [-0.2, 0) is 16.0 Å². The summed E-state index contributed by atoms with van der Waals surface area (Å²) >= 11 is 0. The lowest BCUT2D eigenvalue weighted by Gasteiger charge is -2.15. The SMILES string of the molecule is CCC(=O)CCCCC[C@H](NC(=O)Cc1c(C)[nH]c2ccc(OC)cc12)c1nnc(-c2cc3ccccc3nc2OC)o1. The first-order chi connectivity index (χ1) is 20.9. The summed E-state index contributed by atoms with van der Waals surface area (Å²) in [5.74, 6) is 1.76. The van der Waals surface area contributed by atoms with Crippen molar-refractivity contribution in [2.45, 2.75) is 64.8 Å². The van der Waals surface area contributed by atoms with Crippen LogP contribution in [0.2, 0.25) is 0 Å². The van der Waals surface area contributed by atoms with Gasteiger partial charge in [-0.15, -0.1) is 10.2 Å². The van der Waals surface area contributed by atoms with Crippen LogP contribution in [0, 0.1) is 6.92 Å². The molecule has 0 aliphatic heterocycles. The van der Waals surface area contributed by atoms with Gasteiger partial charge < -0.3 is 24.2 Å². The molecule has 3 heterocycles. The predicted octanol–water partition coefficient (Wildman–Crippen LogP) is 6.42. The third-order valence-electron chi connectivity index (χ3n) is 7.69. The third kappa shape index (κ3) is 6.85. The smallest absolute Gasteiger partial charge is 0.253 e. The van der Waals surface area contributed by atoms with Crippen molar-refractivity contribution in [2.24, 2.45) is 0 Å². The summed E-state index contributed by atoms with van der Waals surface area (Å²) in [6.45, 7) is 3.84. The maximum absolute atomic E-state index is 13.5. The molecule has 5 aromatic rings. The number of carbonyl (C=O) groups excluding carboxylic acids is 2. The normalized spacial score (nSPS) is 12.0. The third-order valence-corrected chi connectivity index (χ3v) is 7.69. The van der Waals surface area contributed by atoms with E-state index in [0.717, 1.165) is 58.1 Å². The van der Waals surface area contributed by atoms with Gasteiger partial charge in [-0.3, -0.25) is 9.59 Å². The van der Waals surface area contributed by atoms with Crippen molar-refractivity contribution in [1.29, 1.82) is 0 Å². The number of ketones is 1. The molecule has 224 valence electrons. The zero-order valence-corrected chi connectivity index (χ0v) is 25.0. The van der Waals surface area contributed by atoms with Gasteiger partial charge in [-0.1, -0.05) is 38.0 Å². The highest BCUT2D eigenvalue weighted by Gasteiger charge is 2.24. The number of para-hydroxylation sites is 1. The highest BCUT2D eigenvalue weighted by atomic mass is 16.5. The number of aromatic amines is 1. The molecule has 3 aromatic heterocycles. The molecule has 0 fully saturated rings. The van der Waals surface area contributed by atoms with E-state index in [4.69, 9.17) is 13.9 Å². The Morgan fingerprint density at radius 3 is 2.65 bits per heavy atom. The van der Waals surface area contributed by atoms with Crippen molar-refractivity contribution in [3.05, 3.63) is 65.7 Å². The summed E-state index contributed by atoms with van der Waals surface area (Å²) in [4.78, 5) is 33.2. The summed E-state index contributed by atoms with van der Waals surface area (Å²) in [7, 11) is 3.17. The van der Waals surface area contributed by atoms with E-state index in [0.29, 0.717) is 36.6 Å². The van der Waals surface area contributed by atoms with Crippen LogP contribution >= 0.6 is 0 Å². The summed E-state index contributed by atoms with van der Waals surface area (Å²) in [6, 6.07) is 14.9. The molecule has 0 spiro atoms. The van der Waals surface area contributed by atoms with Crippen LogP contribution in [0.5, 0.6) is 11.6 Å². The molecule has 0 bridgehead atoms. The number of H-pyrrole nitrogens is 1. The van der Waals surface area contributed by atoms with E-state index in [9.17, 15) is 9.59 Å². The number of rotatable bonds is 14. The number of aromatic nitrogens is 4. The van der Waals surface area contributed by atoms with Gasteiger partial charge in [0.05, 0.1) is 26.2 Å². The quantitative estimate of drug-likeness (QED) is 0.143. The maximum atomic E-state index is 13.5. The summed E-state index contributed by atoms with van der Waals surface area (Å²) in [6.07, 6.45) is 4.31. The first-order valence-corrected chi connectivity index (χ1v) is 14.6. The number of Topliss-reactive ketones (excluding diaryl/α,β-unsaturated/α-hetero) is 1. The second-order valence-electron chi connectivity index (χ2n) is 10.6. The molecule has 0 radical (unpaired) electrons. The molecule has 10 heteroatoms. The van der Waals surface area contributed by atoms with Crippen LogP contribution in [0.4, 0.5) is 0 Å². The minimum Gasteiger partial charge on any atom is -0.497 e. The van der Waals surface area contributed by atoms with Crippen molar-refractivity contribution in [3.8, 4) is 23.1 Å². The Kier molecular flexibility index (Phi) is 9.34. The molecular formula is C33H37N5O5. The van der Waals surface area contributed by atoms with E-state index in [2.05, 4.69) is 25.5 Å². The predicted molar refractivity (Wildman–Crippen MR) is 164 cm³/mol. The average molecular weight is 584 g/mol. The van der Waals surface area contributed by atoms with Gasteiger partial charge in [0.15, 0.2) is 0 Å². The van der Waals surface area contributed by atoms with Gasteiger partial charge in [-0.05, 0) is 55.7 Å². The summed E-state index contributed by atoms with van der Waals surface area (Å²) in [5.41, 5.74) is 4.14. The van der Waals surface area contributed by atoms with E-state index in [-0.39, 0.29) is 24.0 Å². The number of hydrogen-bond donors (Lipinski definition) is 2. The van der Waals surface area contributed by atoms with E-state index in [1.807, 2.05) is 62.4 Å². The van der Waals surface area contributed by atoms with Crippen molar-refractivity contribution in [1.82, 2.24) is 25.5 Å². The minimum absolute atomic E-state index is 0.164. The number of pyridine rings is 1. The van der Waals surface area contributed by atoms with Crippen LogP contribution in [0.15, 0.2) is 52.9 Å². The number of methoxy groups -OCH3 is 2. The molecule has 43 heavy (non-hydrogen) atoms. The first kappa shape index (κ1) is 29.8. The second kappa shape index (κ2) is 13.5. The molecule has 1 amide bonds. The number of aryl methyl sites for hydroxylation is 1. The zero-order chi connectivity index (χ0) is 30.3. The Labute approximate surface area is 250 Å². The van der Waals surface area contributed by atoms with E-state index in [1.54, 1.807) is 14.2 Å². The number of fused-ring (bicyclic) bond motifs is 2. The van der Waals surface area contributed by atoms with Crippen molar-refractivity contribution < 1.29 is 23.5 Å². The minimum atomic E-state index is -0.505. The summed E-state index contributed by atoms with van der Waals surface area (Å²) < 4.78 is 17.1. The van der Waals surface area contributed by atoms with Crippen LogP contribution in [0.3, 0.4) is 0 Å². The summed E-state index contributed by atoms with van der Waals surface area (Å²) in [5, 5.41) is 13.6. The van der Waals surface area contributed by atoms with Crippen LogP contribution in [0.1, 0.15) is 68.6 Å². The van der Waals surface area contributed by atoms with E-state index < -0.39 is 6.04 Å². The fourth-order valence-corrected chi connectivity index (χ4v) is 5.30. The lowest BCUT2D eigenvalue weighted by molar-refractivity contribution is -0.121. The highest BCUT2D eigenvalue weighted by Crippen LogP contribution is 2.33. The molecule has 1 atom stereocenters. The molecule has 0 saturated heterocycles. The Morgan fingerprint density at radius 2 is 1.86 bits per heavy atom. The van der Waals surface area contributed by atoms with Gasteiger partial charge in [-0.25, -0.2) is 4.98 Å². The number of carbonyl (C=O) groups is 2. The van der Waals surface area contributed by atoms with Crippen LogP contribution in [-0.4, -0.2) is 46.1 Å². The van der Waals surface area contributed by atoms with E-state index >= 15 is 0 Å². The number of nitrogens with zero attached hydrogens (tertiary/aromatic N) is 3. The maximum Gasteiger partial charge on any atom is 0.253 e. The molecule has 10 nitrogen and oxygen atoms in total. The van der Waals surface area contributed by atoms with Crippen LogP contribution in [0.25, 0.3) is 33.3 Å². The average Bonchev–Trinajstić information content (AvgIpc) is 3.63. The largest absolute Gasteiger partial charge is 0.497 e. The van der Waals surface area contributed by atoms with E-state index in [1.165, 1.54) is 0 Å². The Bertz CT molecular complexity index is 1740. The van der Waals surface area contributed by atoms with Gasteiger partial charge in [0.1, 0.15) is 23.1 Å². The van der Waals surface area contributed by atoms with Gasteiger partial charge in [-0.2, -0.15) is 0 Å². The number of nitrogens with one attached hydrogen (secondary N) is 2. The lowest BCUT2D eigenvalue weighted by atomic mass is 10.0. The molecule has 0 aliphatic rings. The topological polar surface area (TPSA) is 132 Å². The molecule has 5 rings (SSSR count). The molecular weight excluding hydrogens is 546 g/mol. The fraction of sp³-hybridized carbons (Fsp3) is 0.364. The molecule has 0 aliphatic carbocycles. The van der Waals surface area contributed by atoms with Crippen LogP contribution < -0.4 is 14.8 Å². The first-order valence-electron chi connectivity index (χ1n) is 14.6. The molecule has 2 N–H and O–H groups in total. The Morgan fingerprint density at radius 1 is 1.02 bits per heavy atom. The number of benzene rings is 2. The van der Waals surface area contributed by atoms with Gasteiger partial charge in [0, 0.05) is 34.8 Å². The van der Waals surface area contributed by atoms with Crippen molar-refractivity contribution in [3.63, 3.8) is 0 Å². The zero-order valence-electron chi connectivity index (χ0n) is 25.0. The van der Waals surface area contributed by atoms with Gasteiger partial charge in [0.2, 0.25) is 17.7 Å².